The van der Waals surface area contributed by atoms with Crippen LogP contribution in [0.5, 0.6) is 0 Å². The lowest BCUT2D eigenvalue weighted by Gasteiger charge is -2.34. The van der Waals surface area contributed by atoms with Crippen LogP contribution in [0.1, 0.15) is 23.7 Å². The molecule has 1 aromatic carbocycles. The molecule has 0 aliphatic carbocycles. The summed E-state index contributed by atoms with van der Waals surface area (Å²) < 4.78 is 25.9. The maximum Gasteiger partial charge on any atom is 0.254 e. The summed E-state index contributed by atoms with van der Waals surface area (Å²) >= 11 is 6.12. The third kappa shape index (κ3) is 2.64. The average Bonchev–Trinajstić information content (AvgIpc) is 2.35. The van der Waals surface area contributed by atoms with E-state index in [2.05, 4.69) is 0 Å². The molecule has 0 aromatic heterocycles. The maximum absolute atomic E-state index is 13.1. The molecule has 2 unspecified atom stereocenters. The Labute approximate surface area is 110 Å². The van der Waals surface area contributed by atoms with Gasteiger partial charge in [0.25, 0.3) is 5.91 Å². The van der Waals surface area contributed by atoms with Crippen molar-refractivity contribution in [2.45, 2.75) is 18.7 Å². The van der Waals surface area contributed by atoms with Gasteiger partial charge < -0.3 is 4.90 Å². The van der Waals surface area contributed by atoms with Crippen molar-refractivity contribution in [2.24, 2.45) is 5.92 Å². The monoisotopic (exact) mass is 273 g/mol. The van der Waals surface area contributed by atoms with E-state index in [1.165, 1.54) is 6.07 Å². The number of halogens is 3. The van der Waals surface area contributed by atoms with Gasteiger partial charge in [-0.15, -0.1) is 11.6 Å². The molecule has 1 aliphatic heterocycles. The summed E-state index contributed by atoms with van der Waals surface area (Å²) in [6, 6.07) is 3.19. The van der Waals surface area contributed by atoms with E-state index >= 15 is 0 Å². The van der Waals surface area contributed by atoms with Crippen LogP contribution >= 0.6 is 11.6 Å². The first kappa shape index (κ1) is 13.3. The number of carbonyl (C=O) groups is 1. The summed E-state index contributed by atoms with van der Waals surface area (Å²) in [5.41, 5.74) is 0.160. The number of benzene rings is 1. The topological polar surface area (TPSA) is 20.3 Å². The van der Waals surface area contributed by atoms with Crippen LogP contribution in [-0.4, -0.2) is 29.3 Å². The van der Waals surface area contributed by atoms with Gasteiger partial charge in [-0.2, -0.15) is 0 Å². The number of nitrogens with zero attached hydrogens (tertiary/aromatic N) is 1. The Balaban J connectivity index is 2.14. The van der Waals surface area contributed by atoms with Gasteiger partial charge in [0.1, 0.15) is 0 Å². The van der Waals surface area contributed by atoms with Crippen LogP contribution < -0.4 is 0 Å². The molecule has 1 saturated heterocycles. The van der Waals surface area contributed by atoms with Gasteiger partial charge in [0.05, 0.1) is 5.38 Å². The zero-order valence-electron chi connectivity index (χ0n) is 10.00. The third-order valence-electron chi connectivity index (χ3n) is 3.32. The minimum Gasteiger partial charge on any atom is -0.337 e. The molecule has 1 aliphatic rings. The summed E-state index contributed by atoms with van der Waals surface area (Å²) in [5, 5.41) is -0.0898. The lowest BCUT2D eigenvalue weighted by atomic mass is 9.98. The molecule has 2 atom stereocenters. The summed E-state index contributed by atoms with van der Waals surface area (Å²) in [7, 11) is 0. The Bertz CT molecular complexity index is 466. The quantitative estimate of drug-likeness (QED) is 0.720. The molecule has 2 nitrogen and oxygen atoms in total. The third-order valence-corrected chi connectivity index (χ3v) is 3.89. The molecule has 1 fully saturated rings. The van der Waals surface area contributed by atoms with Gasteiger partial charge in [-0.1, -0.05) is 6.92 Å². The Kier molecular flexibility index (Phi) is 3.85. The van der Waals surface area contributed by atoms with Crippen LogP contribution in [0.4, 0.5) is 8.78 Å². The fourth-order valence-corrected chi connectivity index (χ4v) is 2.31. The predicted molar refractivity (Wildman–Crippen MR) is 65.7 cm³/mol. The highest BCUT2D eigenvalue weighted by Gasteiger charge is 2.28. The van der Waals surface area contributed by atoms with Gasteiger partial charge in [0, 0.05) is 18.7 Å². The number of rotatable bonds is 1. The van der Waals surface area contributed by atoms with E-state index in [1.807, 2.05) is 6.92 Å². The molecular formula is C13H14ClF2NO. The number of likely N-dealkylation sites (tertiary alicyclic amines) is 1. The molecule has 0 radical (unpaired) electrons. The van der Waals surface area contributed by atoms with E-state index in [4.69, 9.17) is 11.6 Å². The summed E-state index contributed by atoms with van der Waals surface area (Å²) in [5.74, 6) is -1.89. The number of alkyl halides is 1. The minimum atomic E-state index is -1.01. The summed E-state index contributed by atoms with van der Waals surface area (Å²) in [4.78, 5) is 13.7. The first-order valence-electron chi connectivity index (χ1n) is 5.87. The van der Waals surface area contributed by atoms with Crippen molar-refractivity contribution in [1.82, 2.24) is 4.90 Å². The highest BCUT2D eigenvalue weighted by atomic mass is 35.5. The minimum absolute atomic E-state index is 0.0898. The number of carbonyl (C=O) groups excluding carboxylic acids is 1. The average molecular weight is 274 g/mol. The molecule has 18 heavy (non-hydrogen) atoms. The van der Waals surface area contributed by atoms with Gasteiger partial charge in [-0.25, -0.2) is 8.78 Å². The Hall–Kier alpha value is -1.16. The van der Waals surface area contributed by atoms with Crippen LogP contribution in [0.25, 0.3) is 0 Å². The molecule has 0 saturated carbocycles. The molecule has 0 N–H and O–H groups in total. The highest BCUT2D eigenvalue weighted by molar-refractivity contribution is 6.21. The molecule has 2 rings (SSSR count). The predicted octanol–water partition coefficient (Wildman–Crippen LogP) is 3.05. The zero-order valence-corrected chi connectivity index (χ0v) is 10.8. The van der Waals surface area contributed by atoms with Gasteiger partial charge in [0.15, 0.2) is 11.6 Å². The van der Waals surface area contributed by atoms with Crippen molar-refractivity contribution < 1.29 is 13.6 Å². The highest BCUT2D eigenvalue weighted by Crippen LogP contribution is 2.23. The molecule has 1 amide bonds. The first-order valence-corrected chi connectivity index (χ1v) is 6.31. The van der Waals surface area contributed by atoms with E-state index in [1.54, 1.807) is 4.90 Å². The van der Waals surface area contributed by atoms with Crippen LogP contribution in [0.2, 0.25) is 0 Å². The normalized spacial score (nSPS) is 24.1. The number of piperidine rings is 1. The number of amides is 1. The SMILES string of the molecule is CC1CCN(C(=O)c2ccc(F)c(F)c2)CC1Cl. The fraction of sp³-hybridized carbons (Fsp3) is 0.462. The van der Waals surface area contributed by atoms with E-state index in [-0.39, 0.29) is 16.8 Å². The molecule has 1 heterocycles. The van der Waals surface area contributed by atoms with Crippen LogP contribution in [-0.2, 0) is 0 Å². The molecule has 0 bridgehead atoms. The summed E-state index contributed by atoms with van der Waals surface area (Å²) in [6.45, 7) is 3.08. The van der Waals surface area contributed by atoms with Crippen LogP contribution in [0.15, 0.2) is 18.2 Å². The smallest absolute Gasteiger partial charge is 0.254 e. The van der Waals surface area contributed by atoms with Crippen molar-refractivity contribution in [3.63, 3.8) is 0 Å². The second-order valence-corrected chi connectivity index (χ2v) is 5.22. The van der Waals surface area contributed by atoms with Crippen molar-refractivity contribution >= 4 is 17.5 Å². The van der Waals surface area contributed by atoms with E-state index in [9.17, 15) is 13.6 Å². The molecule has 5 heteroatoms. The van der Waals surface area contributed by atoms with Crippen molar-refractivity contribution in [3.8, 4) is 0 Å². The molecule has 98 valence electrons. The van der Waals surface area contributed by atoms with Gasteiger partial charge in [0.2, 0.25) is 0 Å². The van der Waals surface area contributed by atoms with Crippen LogP contribution in [0.3, 0.4) is 0 Å². The lowest BCUT2D eigenvalue weighted by Crippen LogP contribution is -2.43. The second-order valence-electron chi connectivity index (χ2n) is 4.66. The van der Waals surface area contributed by atoms with Gasteiger partial charge in [-0.3, -0.25) is 4.79 Å². The Morgan fingerprint density at radius 2 is 2.11 bits per heavy atom. The van der Waals surface area contributed by atoms with E-state index in [0.29, 0.717) is 19.0 Å². The standard InChI is InChI=1S/C13H14ClF2NO/c1-8-4-5-17(7-10(8)14)13(18)9-2-3-11(15)12(16)6-9/h2-3,6,8,10H,4-5,7H2,1H3. The Morgan fingerprint density at radius 1 is 1.39 bits per heavy atom. The van der Waals surface area contributed by atoms with Crippen molar-refractivity contribution in [2.75, 3.05) is 13.1 Å². The van der Waals surface area contributed by atoms with E-state index < -0.39 is 11.6 Å². The second kappa shape index (κ2) is 5.22. The Morgan fingerprint density at radius 3 is 2.72 bits per heavy atom. The lowest BCUT2D eigenvalue weighted by molar-refractivity contribution is 0.0701. The fourth-order valence-electron chi connectivity index (χ4n) is 2.02. The van der Waals surface area contributed by atoms with Crippen molar-refractivity contribution in [1.29, 1.82) is 0 Å². The number of hydrogen-bond acceptors (Lipinski definition) is 1. The maximum atomic E-state index is 13.1. The first-order chi connectivity index (χ1) is 8.49. The summed E-state index contributed by atoms with van der Waals surface area (Å²) in [6.07, 6.45) is 0.823. The molecular weight excluding hydrogens is 260 g/mol. The van der Waals surface area contributed by atoms with Gasteiger partial charge >= 0.3 is 0 Å². The van der Waals surface area contributed by atoms with Crippen molar-refractivity contribution in [3.05, 3.63) is 35.4 Å². The molecule has 1 aromatic rings. The molecule has 0 spiro atoms. The van der Waals surface area contributed by atoms with Gasteiger partial charge in [-0.05, 0) is 30.5 Å². The van der Waals surface area contributed by atoms with Crippen LogP contribution in [0, 0.1) is 17.6 Å². The largest absolute Gasteiger partial charge is 0.337 e. The zero-order chi connectivity index (χ0) is 13.3. The number of hydrogen-bond donors (Lipinski definition) is 0. The van der Waals surface area contributed by atoms with E-state index in [0.717, 1.165) is 18.6 Å².